The van der Waals surface area contributed by atoms with Gasteiger partial charge in [-0.25, -0.2) is 4.79 Å². The molecule has 5 rings (SSSR count). The van der Waals surface area contributed by atoms with Gasteiger partial charge < -0.3 is 15.7 Å². The number of fused-ring (bicyclic) bond motifs is 1. The summed E-state index contributed by atoms with van der Waals surface area (Å²) in [5, 5.41) is 19.1. The van der Waals surface area contributed by atoms with Gasteiger partial charge in [0.25, 0.3) is 0 Å². The zero-order valence-corrected chi connectivity index (χ0v) is 23.9. The van der Waals surface area contributed by atoms with Gasteiger partial charge in [-0.3, -0.25) is 0 Å². The second kappa shape index (κ2) is 11.2. The number of urea groups is 1. The first-order chi connectivity index (χ1) is 18.2. The van der Waals surface area contributed by atoms with Crippen molar-refractivity contribution in [3.8, 4) is 11.1 Å². The van der Waals surface area contributed by atoms with Crippen LogP contribution in [0.4, 0.5) is 16.2 Å². The van der Waals surface area contributed by atoms with Crippen LogP contribution in [0.3, 0.4) is 0 Å². The fraction of sp³-hybridized carbons (Fsp3) is 0.367. The molecule has 4 N–H and O–H groups in total. The fourth-order valence-corrected chi connectivity index (χ4v) is 6.51. The number of hydrogen-bond acceptors (Lipinski definition) is 3. The van der Waals surface area contributed by atoms with Crippen LogP contribution in [0.15, 0.2) is 54.6 Å². The average Bonchev–Trinajstić information content (AvgIpc) is 2.89. The van der Waals surface area contributed by atoms with E-state index in [1.54, 1.807) is 18.2 Å². The highest BCUT2D eigenvalue weighted by Gasteiger charge is 2.39. The topological polar surface area (TPSA) is 65.8 Å². The van der Waals surface area contributed by atoms with Crippen molar-refractivity contribution >= 4 is 52.2 Å². The summed E-state index contributed by atoms with van der Waals surface area (Å²) in [6.45, 7) is 5.16. The van der Waals surface area contributed by atoms with Gasteiger partial charge in [0, 0.05) is 34.8 Å². The number of aliphatic hydroxyl groups is 1. The number of halogens is 3. The molecule has 2 amide bonds. The Balaban J connectivity index is 1.61. The van der Waals surface area contributed by atoms with Crippen molar-refractivity contribution in [2.24, 2.45) is 0 Å². The van der Waals surface area contributed by atoms with Crippen LogP contribution in [0.5, 0.6) is 0 Å². The van der Waals surface area contributed by atoms with E-state index in [0.29, 0.717) is 57.6 Å². The highest BCUT2D eigenvalue weighted by Crippen LogP contribution is 2.43. The van der Waals surface area contributed by atoms with Gasteiger partial charge in [-0.05, 0) is 60.9 Å². The Bertz CT molecular complexity index is 1330. The van der Waals surface area contributed by atoms with Crippen molar-refractivity contribution in [2.75, 3.05) is 6.54 Å². The van der Waals surface area contributed by atoms with Gasteiger partial charge in [0.1, 0.15) is 10.0 Å². The zero-order chi connectivity index (χ0) is 27.0. The van der Waals surface area contributed by atoms with Gasteiger partial charge >= 0.3 is 6.03 Å². The van der Waals surface area contributed by atoms with Crippen LogP contribution >= 0.6 is 34.8 Å². The number of quaternary nitrogens is 1. The van der Waals surface area contributed by atoms with Crippen LogP contribution < -0.4 is 15.5 Å². The van der Waals surface area contributed by atoms with Crippen molar-refractivity contribution in [1.82, 2.24) is 10.6 Å². The van der Waals surface area contributed by atoms with Crippen LogP contribution in [0.2, 0.25) is 15.1 Å². The molecule has 3 aromatic carbocycles. The summed E-state index contributed by atoms with van der Waals surface area (Å²) in [6, 6.07) is 17.5. The molecule has 1 aliphatic heterocycles. The van der Waals surface area contributed by atoms with Crippen LogP contribution in [0.1, 0.15) is 56.6 Å². The van der Waals surface area contributed by atoms with E-state index in [1.165, 1.54) is 0 Å². The Labute approximate surface area is 239 Å². The summed E-state index contributed by atoms with van der Waals surface area (Å²) in [7, 11) is 0. The maximum absolute atomic E-state index is 13.3. The lowest BCUT2D eigenvalue weighted by atomic mass is 9.75. The maximum atomic E-state index is 13.3. The minimum atomic E-state index is -0.706. The summed E-state index contributed by atoms with van der Waals surface area (Å²) in [5.74, 6) is 0.244. The van der Waals surface area contributed by atoms with Crippen molar-refractivity contribution in [1.29, 1.82) is 0 Å². The van der Waals surface area contributed by atoms with Crippen LogP contribution in [-0.4, -0.2) is 29.3 Å². The molecule has 2 aliphatic rings. The standard InChI is InChI=1S/C30H32Cl3N3O2/c1-18(2)35-17-30(38)12-10-19(11-13-30)20-14-22(21-6-3-4-7-24(21)31)23-16-34-29(37)36(27(23)15-20)28-25(32)8-5-9-26(28)33/h3-9,14-15,18-19,35,38H,10-13,16-17H2,1-2H3,(H,34,37)/p+1. The van der Waals surface area contributed by atoms with E-state index in [9.17, 15) is 9.90 Å². The Morgan fingerprint density at radius 1 is 1.00 bits per heavy atom. The third kappa shape index (κ3) is 5.46. The Hall–Kier alpha value is -2.12. The highest BCUT2D eigenvalue weighted by molar-refractivity contribution is 6.38. The number of rotatable bonds is 6. The normalized spacial score (nSPS) is 23.3. The predicted molar refractivity (Wildman–Crippen MR) is 155 cm³/mol. The Morgan fingerprint density at radius 2 is 1.66 bits per heavy atom. The van der Waals surface area contributed by atoms with Crippen LogP contribution in [0, 0.1) is 0 Å². The molecule has 1 saturated carbocycles. The number of carbonyl (C=O) groups excluding carboxylic acids is 1. The van der Waals surface area contributed by atoms with Gasteiger partial charge in [-0.2, -0.15) is 4.90 Å². The van der Waals surface area contributed by atoms with Crippen LogP contribution in [0.25, 0.3) is 11.1 Å². The number of carbonyl (C=O) groups is 1. The average molecular weight is 574 g/mol. The van der Waals surface area contributed by atoms with Crippen molar-refractivity contribution in [2.45, 2.75) is 63.6 Å². The minimum absolute atomic E-state index is 0.201. The Kier molecular flexibility index (Phi) is 8.07. The van der Waals surface area contributed by atoms with Gasteiger partial charge in [0.05, 0.1) is 12.1 Å². The molecule has 0 radical (unpaired) electrons. The molecule has 0 spiro atoms. The number of hydrogen-bond donors (Lipinski definition) is 4. The first kappa shape index (κ1) is 27.4. The van der Waals surface area contributed by atoms with Crippen molar-refractivity contribution in [3.05, 3.63) is 80.8 Å². The number of para-hydroxylation sites is 1. The van der Waals surface area contributed by atoms with E-state index >= 15 is 0 Å². The molecule has 38 heavy (non-hydrogen) atoms. The summed E-state index contributed by atoms with van der Waals surface area (Å²) in [6.07, 6.45) is 3.13. The summed E-state index contributed by atoms with van der Waals surface area (Å²) in [5.41, 5.74) is 4.69. The molecule has 8 heteroatoms. The van der Waals surface area contributed by atoms with E-state index in [1.807, 2.05) is 24.3 Å². The van der Waals surface area contributed by atoms with Gasteiger partial charge in [0.2, 0.25) is 0 Å². The van der Waals surface area contributed by atoms with Crippen molar-refractivity contribution < 1.29 is 14.8 Å². The van der Waals surface area contributed by atoms with E-state index in [2.05, 4.69) is 36.6 Å². The molecule has 200 valence electrons. The number of benzene rings is 3. The van der Waals surface area contributed by atoms with Gasteiger partial charge in [-0.1, -0.05) is 79.0 Å². The lowest BCUT2D eigenvalue weighted by molar-refractivity contribution is -0.666. The van der Waals surface area contributed by atoms with E-state index in [-0.39, 0.29) is 11.9 Å². The quantitative estimate of drug-likeness (QED) is 0.263. The number of nitrogens with one attached hydrogen (secondary N) is 3. The lowest BCUT2D eigenvalue weighted by Gasteiger charge is -2.37. The molecule has 3 aromatic rings. The summed E-state index contributed by atoms with van der Waals surface area (Å²) >= 11 is 19.9. The fourth-order valence-electron chi connectivity index (χ4n) is 5.69. The molecular formula is C30H33Cl3N3O2+. The van der Waals surface area contributed by atoms with Crippen LogP contribution in [-0.2, 0) is 6.54 Å². The van der Waals surface area contributed by atoms with Gasteiger partial charge in [0.15, 0.2) is 11.4 Å². The van der Waals surface area contributed by atoms with Crippen molar-refractivity contribution in [3.63, 3.8) is 0 Å². The molecule has 0 saturated heterocycles. The number of amides is 2. The first-order valence-electron chi connectivity index (χ1n) is 13.1. The molecule has 1 unspecified atom stereocenters. The summed E-state index contributed by atoms with van der Waals surface area (Å²) in [4.78, 5) is 13.8. The molecular weight excluding hydrogens is 541 g/mol. The SMILES string of the molecule is CC(C)NCC1(O)CCC(c2cc(-c3ccccc3Cl)c3c(c2)[NH+](c2c(Cl)cccc2Cl)C(=O)NC3)CC1. The third-order valence-corrected chi connectivity index (χ3v) is 8.76. The lowest BCUT2D eigenvalue weighted by Crippen LogP contribution is -3.08. The molecule has 5 nitrogen and oxygen atoms in total. The first-order valence-corrected chi connectivity index (χ1v) is 14.3. The zero-order valence-electron chi connectivity index (χ0n) is 21.6. The van der Waals surface area contributed by atoms with E-state index < -0.39 is 5.60 Å². The third-order valence-electron chi connectivity index (χ3n) is 7.80. The van der Waals surface area contributed by atoms with E-state index in [0.717, 1.165) is 40.8 Å². The second-order valence-electron chi connectivity index (χ2n) is 10.8. The molecule has 0 aromatic heterocycles. The molecule has 1 aliphatic carbocycles. The summed E-state index contributed by atoms with van der Waals surface area (Å²) < 4.78 is 0. The molecule has 1 heterocycles. The molecule has 0 bridgehead atoms. The highest BCUT2D eigenvalue weighted by atomic mass is 35.5. The monoisotopic (exact) mass is 572 g/mol. The second-order valence-corrected chi connectivity index (χ2v) is 12.0. The molecule has 1 atom stereocenters. The van der Waals surface area contributed by atoms with Gasteiger partial charge in [-0.15, -0.1) is 0 Å². The largest absolute Gasteiger partial charge is 0.425 e. The predicted octanol–water partition coefficient (Wildman–Crippen LogP) is 6.77. The van der Waals surface area contributed by atoms with E-state index in [4.69, 9.17) is 34.8 Å². The maximum Gasteiger partial charge on any atom is 0.425 e. The smallest absolute Gasteiger partial charge is 0.389 e. The Morgan fingerprint density at radius 3 is 2.32 bits per heavy atom. The molecule has 1 fully saturated rings. The minimum Gasteiger partial charge on any atom is -0.389 e.